The van der Waals surface area contributed by atoms with E-state index in [0.29, 0.717) is 0 Å². The van der Waals surface area contributed by atoms with Crippen LogP contribution in [0.5, 0.6) is 0 Å². The van der Waals surface area contributed by atoms with Crippen LogP contribution in [0.2, 0.25) is 0 Å². The van der Waals surface area contributed by atoms with Gasteiger partial charge in [-0.15, -0.1) is 0 Å². The minimum atomic E-state index is 1.14. The summed E-state index contributed by atoms with van der Waals surface area (Å²) in [6.45, 7) is 7.51. The molecule has 0 aromatic carbocycles. The van der Waals surface area contributed by atoms with Gasteiger partial charge in [-0.2, -0.15) is 0 Å². The van der Waals surface area contributed by atoms with Crippen LogP contribution in [0.25, 0.3) is 0 Å². The van der Waals surface area contributed by atoms with Crippen LogP contribution in [0.1, 0.15) is 27.2 Å². The molecule has 0 bridgehead atoms. The van der Waals surface area contributed by atoms with Crippen molar-refractivity contribution in [1.82, 2.24) is 4.90 Å². The first-order valence-electron chi connectivity index (χ1n) is 3.33. The van der Waals surface area contributed by atoms with Gasteiger partial charge in [-0.25, -0.2) is 0 Å². The van der Waals surface area contributed by atoms with Crippen molar-refractivity contribution in [2.24, 2.45) is 0 Å². The third-order valence-corrected chi connectivity index (χ3v) is 0.632. The molecule has 0 fully saturated rings. The zero-order chi connectivity index (χ0) is 6.99. The molecule has 52 valence electrons. The topological polar surface area (TPSA) is 3.24 Å². The predicted octanol–water partition coefficient (Wildman–Crippen LogP) is 1.98. The van der Waals surface area contributed by atoms with Crippen LogP contribution >= 0.6 is 0 Å². The number of rotatable bonds is 1. The highest BCUT2D eigenvalue weighted by Crippen LogP contribution is 1.63. The second-order valence-electron chi connectivity index (χ2n) is 2.10. The van der Waals surface area contributed by atoms with Gasteiger partial charge in [0.25, 0.3) is 0 Å². The fourth-order valence-electron chi connectivity index (χ4n) is 0. The van der Waals surface area contributed by atoms with E-state index >= 15 is 0 Å². The van der Waals surface area contributed by atoms with Crippen LogP contribution in [0.15, 0.2) is 0 Å². The first kappa shape index (κ1) is 10.9. The maximum absolute atomic E-state index is 2.12. The minimum absolute atomic E-state index is 1.14. The van der Waals surface area contributed by atoms with E-state index in [4.69, 9.17) is 0 Å². The van der Waals surface area contributed by atoms with Gasteiger partial charge in [0.1, 0.15) is 0 Å². The summed E-state index contributed by atoms with van der Waals surface area (Å²) in [4.78, 5) is 2.12. The Morgan fingerprint density at radius 3 is 1.12 bits per heavy atom. The van der Waals surface area contributed by atoms with Crippen LogP contribution in [-0.2, 0) is 0 Å². The van der Waals surface area contributed by atoms with Crippen LogP contribution in [0, 0.1) is 0 Å². The Morgan fingerprint density at radius 2 is 1.12 bits per heavy atom. The molecule has 8 heavy (non-hydrogen) atoms. The molecular formula is C7H19N. The van der Waals surface area contributed by atoms with Crippen LogP contribution < -0.4 is 0 Å². The lowest BCUT2D eigenvalue weighted by molar-refractivity contribution is 0.434. The van der Waals surface area contributed by atoms with Gasteiger partial charge in [0.2, 0.25) is 0 Å². The Labute approximate surface area is 53.7 Å². The monoisotopic (exact) mass is 117 g/mol. The Bertz CT molecular complexity index is 25.6. The van der Waals surface area contributed by atoms with Crippen LogP contribution in [0.3, 0.4) is 0 Å². The van der Waals surface area contributed by atoms with E-state index in [9.17, 15) is 0 Å². The second kappa shape index (κ2) is 10.0. The first-order valence-corrected chi connectivity index (χ1v) is 3.33. The van der Waals surface area contributed by atoms with Crippen molar-refractivity contribution in [2.45, 2.75) is 27.2 Å². The lowest BCUT2D eigenvalue weighted by atomic mass is 10.6. The molecule has 0 N–H and O–H groups in total. The first-order chi connectivity index (χ1) is 3.68. The molecule has 0 heterocycles. The molecule has 0 aliphatic carbocycles. The predicted molar refractivity (Wildman–Crippen MR) is 40.2 cm³/mol. The average Bonchev–Trinajstić information content (AvgIpc) is 1.69. The Kier molecular flexibility index (Phi) is 13.6. The molecule has 0 saturated heterocycles. The summed E-state index contributed by atoms with van der Waals surface area (Å²) in [5.41, 5.74) is 0. The number of hydrogen-bond acceptors (Lipinski definition) is 1. The molecular weight excluding hydrogens is 98.1 g/mol. The minimum Gasteiger partial charge on any atom is -0.310 e. The van der Waals surface area contributed by atoms with E-state index in [1.165, 1.54) is 6.42 Å². The highest BCUT2D eigenvalue weighted by molar-refractivity contribution is 4.25. The van der Waals surface area contributed by atoms with Crippen LogP contribution in [-0.4, -0.2) is 25.5 Å². The molecule has 0 aliphatic rings. The largest absolute Gasteiger partial charge is 0.310 e. The zero-order valence-corrected chi connectivity index (χ0v) is 6.86. The second-order valence-corrected chi connectivity index (χ2v) is 2.10. The van der Waals surface area contributed by atoms with E-state index < -0.39 is 0 Å². The molecule has 0 aromatic heterocycles. The van der Waals surface area contributed by atoms with Crippen molar-refractivity contribution >= 4 is 0 Å². The van der Waals surface area contributed by atoms with Gasteiger partial charge in [0.15, 0.2) is 0 Å². The standard InChI is InChI=1S/C4H11N.C3H8/c1-4-5(2)3;1-3-2/h4H2,1-3H3;3H2,1-2H3. The smallest absolute Gasteiger partial charge is 0.00533 e. The van der Waals surface area contributed by atoms with Crippen LogP contribution in [0.4, 0.5) is 0 Å². The molecule has 0 aliphatic heterocycles. The maximum Gasteiger partial charge on any atom is -0.00533 e. The van der Waals surface area contributed by atoms with Crippen molar-refractivity contribution in [3.8, 4) is 0 Å². The summed E-state index contributed by atoms with van der Waals surface area (Å²) >= 11 is 0. The molecule has 0 rings (SSSR count). The summed E-state index contributed by atoms with van der Waals surface area (Å²) in [5.74, 6) is 0. The Balaban J connectivity index is 0. The Hall–Kier alpha value is -0.0400. The average molecular weight is 117 g/mol. The normalized spacial score (nSPS) is 8.25. The molecule has 0 spiro atoms. The fourth-order valence-corrected chi connectivity index (χ4v) is 0. The molecule has 0 saturated carbocycles. The van der Waals surface area contributed by atoms with E-state index in [1.807, 2.05) is 0 Å². The summed E-state index contributed by atoms with van der Waals surface area (Å²) < 4.78 is 0. The van der Waals surface area contributed by atoms with Gasteiger partial charge < -0.3 is 4.90 Å². The van der Waals surface area contributed by atoms with Gasteiger partial charge in [-0.3, -0.25) is 0 Å². The lowest BCUT2D eigenvalue weighted by Gasteiger charge is -2.00. The van der Waals surface area contributed by atoms with Gasteiger partial charge >= 0.3 is 0 Å². The lowest BCUT2D eigenvalue weighted by Crippen LogP contribution is -2.08. The molecule has 0 unspecified atom stereocenters. The number of hydrogen-bond donors (Lipinski definition) is 0. The quantitative estimate of drug-likeness (QED) is 0.507. The summed E-state index contributed by atoms with van der Waals surface area (Å²) in [6.07, 6.45) is 1.25. The summed E-state index contributed by atoms with van der Waals surface area (Å²) in [7, 11) is 4.11. The summed E-state index contributed by atoms with van der Waals surface area (Å²) in [5, 5.41) is 0. The van der Waals surface area contributed by atoms with Crippen molar-refractivity contribution in [3.05, 3.63) is 0 Å². The zero-order valence-electron chi connectivity index (χ0n) is 6.86. The van der Waals surface area contributed by atoms with Gasteiger partial charge in [-0.1, -0.05) is 27.2 Å². The molecule has 1 nitrogen and oxygen atoms in total. The van der Waals surface area contributed by atoms with Gasteiger partial charge in [-0.05, 0) is 20.6 Å². The third-order valence-electron chi connectivity index (χ3n) is 0.632. The van der Waals surface area contributed by atoms with Crippen molar-refractivity contribution < 1.29 is 0 Å². The maximum atomic E-state index is 2.12. The highest BCUT2D eigenvalue weighted by atomic mass is 15.0. The van der Waals surface area contributed by atoms with E-state index in [1.54, 1.807) is 0 Å². The van der Waals surface area contributed by atoms with E-state index in [0.717, 1.165) is 6.54 Å². The third kappa shape index (κ3) is 38.2. The van der Waals surface area contributed by atoms with E-state index in [2.05, 4.69) is 39.8 Å². The fraction of sp³-hybridized carbons (Fsp3) is 1.00. The molecule has 1 heteroatoms. The Morgan fingerprint density at radius 1 is 1.00 bits per heavy atom. The van der Waals surface area contributed by atoms with Gasteiger partial charge in [0.05, 0.1) is 0 Å². The van der Waals surface area contributed by atoms with E-state index in [-0.39, 0.29) is 0 Å². The molecule has 0 atom stereocenters. The number of nitrogens with zero attached hydrogens (tertiary/aromatic N) is 1. The molecule has 0 radical (unpaired) electrons. The molecule has 0 aromatic rings. The van der Waals surface area contributed by atoms with Crippen molar-refractivity contribution in [3.63, 3.8) is 0 Å². The molecule has 0 amide bonds. The van der Waals surface area contributed by atoms with Crippen molar-refractivity contribution in [1.29, 1.82) is 0 Å². The summed E-state index contributed by atoms with van der Waals surface area (Å²) in [6, 6.07) is 0. The SMILES string of the molecule is CCC.CCN(C)C. The highest BCUT2D eigenvalue weighted by Gasteiger charge is 1.72. The van der Waals surface area contributed by atoms with Gasteiger partial charge in [0, 0.05) is 0 Å². The van der Waals surface area contributed by atoms with Crippen molar-refractivity contribution in [2.75, 3.05) is 20.6 Å².